The number of pyridine rings is 1. The quantitative estimate of drug-likeness (QED) is 0.239. The fourth-order valence-corrected chi connectivity index (χ4v) is 4.42. The summed E-state index contributed by atoms with van der Waals surface area (Å²) in [6, 6.07) is 26.3. The summed E-state index contributed by atoms with van der Waals surface area (Å²) in [6.07, 6.45) is 6.23. The number of rotatable bonds is 10. The number of benzene rings is 3. The van der Waals surface area contributed by atoms with Gasteiger partial charge < -0.3 is 14.4 Å². The number of carboxylic acids is 1. The average Bonchev–Trinajstić information content (AvgIpc) is 3.29. The van der Waals surface area contributed by atoms with Gasteiger partial charge >= 0.3 is 5.97 Å². The first-order valence-corrected chi connectivity index (χ1v) is 12.3. The molecule has 0 saturated carbocycles. The minimum atomic E-state index is -0.795. The third kappa shape index (κ3) is 6.04. The van der Waals surface area contributed by atoms with Gasteiger partial charge in [0.15, 0.2) is 0 Å². The molecule has 0 amide bonds. The summed E-state index contributed by atoms with van der Waals surface area (Å²) >= 11 is 0. The Balaban J connectivity index is 1.40. The molecular weight excluding hydrogens is 467 g/mol. The van der Waals surface area contributed by atoms with Crippen molar-refractivity contribution >= 4 is 16.9 Å². The predicted octanol–water partition coefficient (Wildman–Crippen LogP) is 6.55. The van der Waals surface area contributed by atoms with E-state index >= 15 is 0 Å². The molecule has 0 aliphatic heterocycles. The maximum absolute atomic E-state index is 13.1. The fraction of sp³-hybridized carbons (Fsp3) is 0.161. The average molecular weight is 495 g/mol. The second kappa shape index (κ2) is 11.1. The van der Waals surface area contributed by atoms with Gasteiger partial charge in [0.25, 0.3) is 0 Å². The molecule has 1 N–H and O–H groups in total. The summed E-state index contributed by atoms with van der Waals surface area (Å²) in [5.41, 5.74) is 6.36. The Bertz CT molecular complexity index is 1490. The third-order valence-corrected chi connectivity index (χ3v) is 6.39. The monoisotopic (exact) mass is 494 g/mol. The van der Waals surface area contributed by atoms with Gasteiger partial charge in [-0.05, 0) is 96.6 Å². The first-order chi connectivity index (χ1) is 18.0. The molecule has 5 aromatic rings. The van der Waals surface area contributed by atoms with E-state index in [-0.39, 0.29) is 12.2 Å². The van der Waals surface area contributed by atoms with Crippen LogP contribution in [0.3, 0.4) is 0 Å². The number of fused-ring (bicyclic) bond motifs is 1. The minimum Gasteiger partial charge on any atom is -0.489 e. The molecule has 5 nitrogen and oxygen atoms in total. The molecule has 0 aliphatic rings. The van der Waals surface area contributed by atoms with E-state index in [1.165, 1.54) is 17.7 Å². The molecule has 186 valence electrons. The van der Waals surface area contributed by atoms with Crippen molar-refractivity contribution in [2.75, 3.05) is 0 Å². The summed E-state index contributed by atoms with van der Waals surface area (Å²) in [5.74, 6) is -0.460. The van der Waals surface area contributed by atoms with E-state index < -0.39 is 5.97 Å². The first-order valence-electron chi connectivity index (χ1n) is 12.3. The zero-order chi connectivity index (χ0) is 25.6. The van der Waals surface area contributed by atoms with Gasteiger partial charge in [0.2, 0.25) is 0 Å². The standard InChI is InChI=1S/C31H27FN2O3/c32-25-9-14-28(15-10-25)37-21-23-4-12-27(13-5-23)34-20-24(8-11-26-3-1-2-18-33-26)29-19-22(6-16-30(29)34)7-17-31(35)36/h1-6,9-10,12-16,18-20H,7-8,11,17,21H2,(H,35,36). The Morgan fingerprint density at radius 3 is 2.41 bits per heavy atom. The molecule has 3 aromatic carbocycles. The smallest absolute Gasteiger partial charge is 0.303 e. The first kappa shape index (κ1) is 24.3. The molecule has 0 atom stereocenters. The van der Waals surface area contributed by atoms with Crippen LogP contribution in [-0.2, 0) is 30.7 Å². The number of carboxylic acid groups (broad SMARTS) is 1. The van der Waals surface area contributed by atoms with Gasteiger partial charge in [-0.1, -0.05) is 24.3 Å². The molecule has 0 unspecified atom stereocenters. The zero-order valence-electron chi connectivity index (χ0n) is 20.3. The van der Waals surface area contributed by atoms with E-state index in [4.69, 9.17) is 9.84 Å². The van der Waals surface area contributed by atoms with Crippen LogP contribution in [0.2, 0.25) is 0 Å². The van der Waals surface area contributed by atoms with Gasteiger partial charge in [0, 0.05) is 35.6 Å². The van der Waals surface area contributed by atoms with Gasteiger partial charge in [-0.25, -0.2) is 4.39 Å². The Morgan fingerprint density at radius 1 is 0.892 bits per heavy atom. The van der Waals surface area contributed by atoms with Crippen molar-refractivity contribution in [2.24, 2.45) is 0 Å². The summed E-state index contributed by atoms with van der Waals surface area (Å²) in [7, 11) is 0. The molecule has 6 heteroatoms. The SMILES string of the molecule is O=C(O)CCc1ccc2c(c1)c(CCc1ccccn1)cn2-c1ccc(COc2ccc(F)cc2)cc1. The van der Waals surface area contributed by atoms with E-state index in [1.54, 1.807) is 12.1 Å². The number of carbonyl (C=O) groups is 1. The Morgan fingerprint density at radius 2 is 1.68 bits per heavy atom. The number of halogens is 1. The van der Waals surface area contributed by atoms with Crippen LogP contribution in [0.5, 0.6) is 5.75 Å². The lowest BCUT2D eigenvalue weighted by Gasteiger charge is -2.09. The second-order valence-electron chi connectivity index (χ2n) is 9.00. The van der Waals surface area contributed by atoms with Crippen LogP contribution in [-0.4, -0.2) is 20.6 Å². The van der Waals surface area contributed by atoms with E-state index in [0.717, 1.165) is 46.3 Å². The zero-order valence-corrected chi connectivity index (χ0v) is 20.3. The topological polar surface area (TPSA) is 64.3 Å². The van der Waals surface area contributed by atoms with Crippen molar-refractivity contribution < 1.29 is 19.0 Å². The number of ether oxygens (including phenoxy) is 1. The van der Waals surface area contributed by atoms with Crippen molar-refractivity contribution in [3.8, 4) is 11.4 Å². The number of aromatic nitrogens is 2. The molecule has 0 bridgehead atoms. The highest BCUT2D eigenvalue weighted by Crippen LogP contribution is 2.28. The number of nitrogens with zero attached hydrogens (tertiary/aromatic N) is 2. The highest BCUT2D eigenvalue weighted by molar-refractivity contribution is 5.86. The number of aryl methyl sites for hydroxylation is 3. The molecular formula is C31H27FN2O3. The van der Waals surface area contributed by atoms with Gasteiger partial charge in [-0.3, -0.25) is 9.78 Å². The molecule has 0 aliphatic carbocycles. The number of hydrogen-bond donors (Lipinski definition) is 1. The van der Waals surface area contributed by atoms with Crippen molar-refractivity contribution in [3.63, 3.8) is 0 Å². The van der Waals surface area contributed by atoms with Gasteiger partial charge in [0.1, 0.15) is 18.2 Å². The lowest BCUT2D eigenvalue weighted by atomic mass is 10.0. The largest absolute Gasteiger partial charge is 0.489 e. The predicted molar refractivity (Wildman–Crippen MR) is 142 cm³/mol. The Labute approximate surface area is 214 Å². The van der Waals surface area contributed by atoms with E-state index in [1.807, 2.05) is 42.6 Å². The van der Waals surface area contributed by atoms with Crippen molar-refractivity contribution in [2.45, 2.75) is 32.3 Å². The van der Waals surface area contributed by atoms with Crippen molar-refractivity contribution in [1.82, 2.24) is 9.55 Å². The second-order valence-corrected chi connectivity index (χ2v) is 9.00. The minimum absolute atomic E-state index is 0.108. The molecule has 0 radical (unpaired) electrons. The number of hydrogen-bond acceptors (Lipinski definition) is 3. The molecule has 0 spiro atoms. The van der Waals surface area contributed by atoms with Crippen LogP contribution in [0.15, 0.2) is 97.3 Å². The Hall–Kier alpha value is -4.45. The van der Waals surface area contributed by atoms with Gasteiger partial charge in [-0.2, -0.15) is 0 Å². The van der Waals surface area contributed by atoms with Crippen LogP contribution in [0, 0.1) is 5.82 Å². The lowest BCUT2D eigenvalue weighted by Crippen LogP contribution is -1.98. The lowest BCUT2D eigenvalue weighted by molar-refractivity contribution is -0.136. The maximum atomic E-state index is 13.1. The van der Waals surface area contributed by atoms with Crippen LogP contribution in [0.1, 0.15) is 28.8 Å². The molecule has 5 rings (SSSR count). The highest BCUT2D eigenvalue weighted by Gasteiger charge is 2.12. The van der Waals surface area contributed by atoms with E-state index in [0.29, 0.717) is 18.8 Å². The summed E-state index contributed by atoms with van der Waals surface area (Å²) in [6.45, 7) is 0.389. The fourth-order valence-electron chi connectivity index (χ4n) is 4.42. The third-order valence-electron chi connectivity index (χ3n) is 6.39. The molecule has 2 heterocycles. The van der Waals surface area contributed by atoms with Crippen LogP contribution in [0.25, 0.3) is 16.6 Å². The van der Waals surface area contributed by atoms with Crippen LogP contribution < -0.4 is 4.74 Å². The van der Waals surface area contributed by atoms with E-state index in [9.17, 15) is 9.18 Å². The van der Waals surface area contributed by atoms with E-state index in [2.05, 4.69) is 40.0 Å². The molecule has 2 aromatic heterocycles. The van der Waals surface area contributed by atoms with Crippen molar-refractivity contribution in [3.05, 3.63) is 126 Å². The molecule has 0 saturated heterocycles. The Kier molecular flexibility index (Phi) is 7.26. The van der Waals surface area contributed by atoms with Crippen LogP contribution >= 0.6 is 0 Å². The molecule has 0 fully saturated rings. The molecule has 37 heavy (non-hydrogen) atoms. The summed E-state index contributed by atoms with van der Waals surface area (Å²) < 4.78 is 21.1. The summed E-state index contributed by atoms with van der Waals surface area (Å²) in [4.78, 5) is 15.5. The van der Waals surface area contributed by atoms with Gasteiger partial charge in [0.05, 0.1) is 5.52 Å². The normalized spacial score (nSPS) is 11.1. The van der Waals surface area contributed by atoms with Crippen molar-refractivity contribution in [1.29, 1.82) is 0 Å². The van der Waals surface area contributed by atoms with Crippen LogP contribution in [0.4, 0.5) is 4.39 Å². The number of aliphatic carboxylic acids is 1. The highest BCUT2D eigenvalue weighted by atomic mass is 19.1. The maximum Gasteiger partial charge on any atom is 0.303 e. The van der Waals surface area contributed by atoms with Gasteiger partial charge in [-0.15, -0.1) is 0 Å². The summed E-state index contributed by atoms with van der Waals surface area (Å²) in [5, 5.41) is 10.2.